The molecule has 1 N–H and O–H groups in total. The monoisotopic (exact) mass is 276 g/mol. The summed E-state index contributed by atoms with van der Waals surface area (Å²) in [7, 11) is 0. The minimum atomic E-state index is -0.450. The van der Waals surface area contributed by atoms with Gasteiger partial charge in [0, 0.05) is 23.2 Å². The zero-order valence-electron chi connectivity index (χ0n) is 11.6. The number of hydrogen-bond donors (Lipinski definition) is 1. The van der Waals surface area contributed by atoms with Crippen molar-refractivity contribution < 1.29 is 10.0 Å². The fourth-order valence-corrected chi connectivity index (χ4v) is 2.07. The third-order valence-electron chi connectivity index (χ3n) is 2.86. The van der Waals surface area contributed by atoms with Gasteiger partial charge in [0.15, 0.2) is 11.6 Å². The van der Waals surface area contributed by atoms with Gasteiger partial charge in [-0.15, -0.1) is 10.2 Å². The Morgan fingerprint density at radius 3 is 2.60 bits per heavy atom. The number of nitrogens with zero attached hydrogens (tertiary/aromatic N) is 4. The van der Waals surface area contributed by atoms with Gasteiger partial charge in [-0.25, -0.2) is 0 Å². The molecule has 0 atom stereocenters. The molecular formula is C13H16N4O3. The Bertz CT molecular complexity index is 643. The van der Waals surface area contributed by atoms with Crippen molar-refractivity contribution in [3.05, 3.63) is 40.2 Å². The van der Waals surface area contributed by atoms with Crippen molar-refractivity contribution in [3.63, 3.8) is 0 Å². The van der Waals surface area contributed by atoms with Crippen LogP contribution >= 0.6 is 0 Å². The van der Waals surface area contributed by atoms with Gasteiger partial charge in [-0.1, -0.05) is 12.1 Å². The topological polar surface area (TPSA) is 94.1 Å². The van der Waals surface area contributed by atoms with E-state index in [9.17, 15) is 15.2 Å². The van der Waals surface area contributed by atoms with E-state index in [2.05, 4.69) is 10.2 Å². The van der Waals surface area contributed by atoms with Crippen LogP contribution in [0.15, 0.2) is 24.3 Å². The highest BCUT2D eigenvalue weighted by Gasteiger charge is 2.24. The van der Waals surface area contributed by atoms with Crippen LogP contribution in [0.4, 0.5) is 5.69 Å². The molecule has 2 aromatic rings. The predicted molar refractivity (Wildman–Crippen MR) is 73.0 cm³/mol. The lowest BCUT2D eigenvalue weighted by Gasteiger charge is -2.24. The van der Waals surface area contributed by atoms with Crippen molar-refractivity contribution in [2.24, 2.45) is 0 Å². The van der Waals surface area contributed by atoms with Crippen LogP contribution in [-0.4, -0.2) is 24.8 Å². The van der Waals surface area contributed by atoms with Crippen LogP contribution in [0.1, 0.15) is 26.6 Å². The Hall–Kier alpha value is -2.28. The van der Waals surface area contributed by atoms with E-state index >= 15 is 0 Å². The summed E-state index contributed by atoms with van der Waals surface area (Å²) in [6.07, 6.45) is 0. The van der Waals surface area contributed by atoms with Crippen LogP contribution in [0.3, 0.4) is 0 Å². The molecule has 0 fully saturated rings. The summed E-state index contributed by atoms with van der Waals surface area (Å²) in [5, 5.41) is 28.2. The lowest BCUT2D eigenvalue weighted by molar-refractivity contribution is -0.384. The van der Waals surface area contributed by atoms with E-state index in [1.54, 1.807) is 16.7 Å². The molecule has 0 saturated heterocycles. The molecule has 0 bridgehead atoms. The molecule has 0 amide bonds. The summed E-state index contributed by atoms with van der Waals surface area (Å²) < 4.78 is 1.78. The third-order valence-corrected chi connectivity index (χ3v) is 2.86. The summed E-state index contributed by atoms with van der Waals surface area (Å²) in [5.41, 5.74) is 0.249. The highest BCUT2D eigenvalue weighted by molar-refractivity contribution is 5.59. The maximum atomic E-state index is 10.9. The molecule has 2 rings (SSSR count). The first-order chi connectivity index (χ1) is 9.34. The fourth-order valence-electron chi connectivity index (χ4n) is 2.07. The van der Waals surface area contributed by atoms with Gasteiger partial charge >= 0.3 is 0 Å². The fraction of sp³-hybridized carbons (Fsp3) is 0.385. The average molecular weight is 276 g/mol. The summed E-state index contributed by atoms with van der Waals surface area (Å²) in [6.45, 7) is 5.63. The maximum Gasteiger partial charge on any atom is 0.270 e. The number of aliphatic hydroxyl groups is 1. The summed E-state index contributed by atoms with van der Waals surface area (Å²) in [4.78, 5) is 10.4. The van der Waals surface area contributed by atoms with E-state index in [1.165, 1.54) is 12.1 Å². The standard InChI is InChI=1S/C13H16N4O3/c1-13(2,3)16-11(8-18)14-15-12(16)9-5-4-6-10(7-9)17(19)20/h4-7,18H,8H2,1-3H3. The maximum absolute atomic E-state index is 10.9. The number of nitro groups is 1. The van der Waals surface area contributed by atoms with Crippen LogP contribution in [0.25, 0.3) is 11.4 Å². The van der Waals surface area contributed by atoms with Crippen LogP contribution in [0.5, 0.6) is 0 Å². The van der Waals surface area contributed by atoms with E-state index in [-0.39, 0.29) is 17.8 Å². The van der Waals surface area contributed by atoms with Crippen molar-refractivity contribution in [3.8, 4) is 11.4 Å². The number of nitro benzene ring substituents is 1. The quantitative estimate of drug-likeness (QED) is 0.684. The van der Waals surface area contributed by atoms with Crippen LogP contribution < -0.4 is 0 Å². The molecule has 1 heterocycles. The van der Waals surface area contributed by atoms with Gasteiger partial charge in [0.05, 0.1) is 4.92 Å². The Morgan fingerprint density at radius 1 is 1.35 bits per heavy atom. The van der Waals surface area contributed by atoms with Gasteiger partial charge in [-0.05, 0) is 20.8 Å². The minimum Gasteiger partial charge on any atom is -0.388 e. The molecule has 0 aliphatic heterocycles. The smallest absolute Gasteiger partial charge is 0.270 e. The number of hydrogen-bond acceptors (Lipinski definition) is 5. The van der Waals surface area contributed by atoms with Crippen molar-refractivity contribution >= 4 is 5.69 Å². The summed E-state index contributed by atoms with van der Waals surface area (Å²) in [5.74, 6) is 0.934. The Kier molecular flexibility index (Phi) is 3.54. The number of aliphatic hydroxyl groups excluding tert-OH is 1. The molecule has 0 aliphatic carbocycles. The van der Waals surface area contributed by atoms with E-state index in [0.29, 0.717) is 17.2 Å². The van der Waals surface area contributed by atoms with Crippen molar-refractivity contribution in [1.29, 1.82) is 0 Å². The normalized spacial score (nSPS) is 11.6. The van der Waals surface area contributed by atoms with Crippen molar-refractivity contribution in [2.75, 3.05) is 0 Å². The molecular weight excluding hydrogens is 260 g/mol. The molecule has 20 heavy (non-hydrogen) atoms. The molecule has 0 aliphatic rings. The van der Waals surface area contributed by atoms with E-state index in [4.69, 9.17) is 0 Å². The van der Waals surface area contributed by atoms with Crippen molar-refractivity contribution in [2.45, 2.75) is 32.9 Å². The Labute approximate surface area is 116 Å². The molecule has 7 nitrogen and oxygen atoms in total. The molecule has 0 radical (unpaired) electrons. The third kappa shape index (κ3) is 2.53. The first kappa shape index (κ1) is 14.1. The minimum absolute atomic E-state index is 0.00323. The largest absolute Gasteiger partial charge is 0.388 e. The highest BCUT2D eigenvalue weighted by atomic mass is 16.6. The SMILES string of the molecule is CC(C)(C)n1c(CO)nnc1-c1cccc([N+](=O)[O-])c1. The molecule has 0 saturated carbocycles. The number of benzene rings is 1. The van der Waals surface area contributed by atoms with Gasteiger partial charge in [-0.2, -0.15) is 0 Å². The number of rotatable bonds is 3. The number of aromatic nitrogens is 3. The second-order valence-corrected chi connectivity index (χ2v) is 5.41. The van der Waals surface area contributed by atoms with Crippen LogP contribution in [0, 0.1) is 10.1 Å². The van der Waals surface area contributed by atoms with Gasteiger partial charge in [-0.3, -0.25) is 10.1 Å². The summed E-state index contributed by atoms with van der Waals surface area (Å²) in [6, 6.07) is 6.22. The van der Waals surface area contributed by atoms with Gasteiger partial charge < -0.3 is 9.67 Å². The lowest BCUT2D eigenvalue weighted by atomic mass is 10.1. The first-order valence-electron chi connectivity index (χ1n) is 6.15. The van der Waals surface area contributed by atoms with E-state index in [1.807, 2.05) is 20.8 Å². The molecule has 0 unspecified atom stereocenters. The predicted octanol–water partition coefficient (Wildman–Crippen LogP) is 2.10. The molecule has 0 spiro atoms. The molecule has 7 heteroatoms. The van der Waals surface area contributed by atoms with Crippen LogP contribution in [-0.2, 0) is 12.1 Å². The van der Waals surface area contributed by atoms with Gasteiger partial charge in [0.2, 0.25) is 0 Å². The Balaban J connectivity index is 2.61. The molecule has 106 valence electrons. The van der Waals surface area contributed by atoms with Gasteiger partial charge in [0.25, 0.3) is 5.69 Å². The Morgan fingerprint density at radius 2 is 2.05 bits per heavy atom. The lowest BCUT2D eigenvalue weighted by Crippen LogP contribution is -2.25. The van der Waals surface area contributed by atoms with E-state index < -0.39 is 4.92 Å². The van der Waals surface area contributed by atoms with Gasteiger partial charge in [0.1, 0.15) is 6.61 Å². The van der Waals surface area contributed by atoms with E-state index in [0.717, 1.165) is 0 Å². The number of non-ortho nitro benzene ring substituents is 1. The van der Waals surface area contributed by atoms with Crippen molar-refractivity contribution in [1.82, 2.24) is 14.8 Å². The first-order valence-corrected chi connectivity index (χ1v) is 6.15. The molecule has 1 aromatic carbocycles. The molecule has 1 aromatic heterocycles. The average Bonchev–Trinajstić information content (AvgIpc) is 2.82. The highest BCUT2D eigenvalue weighted by Crippen LogP contribution is 2.28. The van der Waals surface area contributed by atoms with Crippen LogP contribution in [0.2, 0.25) is 0 Å². The zero-order chi connectivity index (χ0) is 14.9. The second-order valence-electron chi connectivity index (χ2n) is 5.41. The zero-order valence-corrected chi connectivity index (χ0v) is 11.6. The summed E-state index contributed by atoms with van der Waals surface area (Å²) >= 11 is 0. The second kappa shape index (κ2) is 5.01.